The summed E-state index contributed by atoms with van der Waals surface area (Å²) < 4.78 is 22.6. The molecule has 0 radical (unpaired) electrons. The molecule has 10 heteroatoms. The summed E-state index contributed by atoms with van der Waals surface area (Å²) >= 11 is 6.67. The number of likely N-dealkylation sites (tertiary alicyclic amines) is 1. The van der Waals surface area contributed by atoms with Crippen molar-refractivity contribution >= 4 is 46.1 Å². The lowest BCUT2D eigenvalue weighted by molar-refractivity contribution is -0.134. The summed E-state index contributed by atoms with van der Waals surface area (Å²) in [6.45, 7) is 4.09. The number of imide groups is 1. The van der Waals surface area contributed by atoms with Crippen molar-refractivity contribution in [3.63, 3.8) is 0 Å². The number of aromatic nitrogens is 1. The lowest BCUT2D eigenvalue weighted by Gasteiger charge is -2.33. The van der Waals surface area contributed by atoms with Gasteiger partial charge in [0.25, 0.3) is 0 Å². The Bertz CT molecular complexity index is 1720. The number of nitrogens with zero attached hydrogens (tertiary/aromatic N) is 3. The van der Waals surface area contributed by atoms with Crippen LogP contribution in [-0.4, -0.2) is 52.6 Å². The molecule has 4 heterocycles. The number of hydrogen-bond donors (Lipinski definition) is 2. The molecule has 2 aromatic carbocycles. The summed E-state index contributed by atoms with van der Waals surface area (Å²) in [5, 5.41) is 3.36. The van der Waals surface area contributed by atoms with Gasteiger partial charge in [-0.3, -0.25) is 29.8 Å². The Balaban J connectivity index is 1.08. The van der Waals surface area contributed by atoms with Gasteiger partial charge in [0.05, 0.1) is 17.5 Å². The van der Waals surface area contributed by atoms with Crippen molar-refractivity contribution in [3.8, 4) is 0 Å². The number of hydrogen-bond acceptors (Lipinski definition) is 7. The van der Waals surface area contributed by atoms with Crippen molar-refractivity contribution in [1.29, 1.82) is 0 Å². The fourth-order valence-corrected chi connectivity index (χ4v) is 7.03. The van der Waals surface area contributed by atoms with Gasteiger partial charge in [-0.25, -0.2) is 4.39 Å². The number of rotatable bonds is 7. The average Bonchev–Trinajstić information content (AvgIpc) is 3.90. The summed E-state index contributed by atoms with van der Waals surface area (Å²) in [7, 11) is 0. The minimum absolute atomic E-state index is 0.250. The van der Waals surface area contributed by atoms with Gasteiger partial charge in [0.1, 0.15) is 17.0 Å². The Kier molecular flexibility index (Phi) is 6.87. The van der Waals surface area contributed by atoms with Gasteiger partial charge < -0.3 is 10.5 Å². The summed E-state index contributed by atoms with van der Waals surface area (Å²) in [4.78, 5) is 35.3. The molecule has 7 rings (SSSR count). The summed E-state index contributed by atoms with van der Waals surface area (Å²) in [6.07, 6.45) is 8.46. The van der Waals surface area contributed by atoms with E-state index in [9.17, 15) is 9.59 Å². The monoisotopic (exact) mass is 601 g/mol. The number of amides is 2. The fourth-order valence-electron chi connectivity index (χ4n) is 6.72. The Morgan fingerprint density at radius 1 is 1.26 bits per heavy atom. The maximum atomic E-state index is 16.2. The topological polar surface area (TPSA) is 113 Å². The van der Waals surface area contributed by atoms with E-state index in [1.165, 1.54) is 0 Å². The maximum Gasteiger partial charge on any atom is 0.234 e. The largest absolute Gasteiger partial charge is 0.404 e. The third-order valence-electron chi connectivity index (χ3n) is 9.32. The second kappa shape index (κ2) is 10.5. The van der Waals surface area contributed by atoms with Crippen molar-refractivity contribution in [2.75, 3.05) is 13.1 Å². The SMILES string of the molecule is CC12CN(Cc3ccc(/C(C=NC4CC4)=C/N)c(Cl)c3)CCC1(c1ccc3ncc(C4CCC(=O)NC4=O)cc3c1F)O2. The number of carbonyl (C=O) groups excluding carboxylic acids is 2. The first kappa shape index (κ1) is 28.1. The molecular formula is C33H33ClFN5O3. The first-order valence-corrected chi connectivity index (χ1v) is 15.2. The molecule has 0 bridgehead atoms. The highest BCUT2D eigenvalue weighted by atomic mass is 35.5. The molecule has 8 nitrogen and oxygen atoms in total. The number of aliphatic imine (C=N–C) groups is 1. The lowest BCUT2D eigenvalue weighted by Crippen LogP contribution is -2.44. The van der Waals surface area contributed by atoms with Crippen molar-refractivity contribution in [1.82, 2.24) is 15.2 Å². The average molecular weight is 602 g/mol. The second-order valence-corrected chi connectivity index (χ2v) is 12.7. The van der Waals surface area contributed by atoms with Crippen LogP contribution in [0.3, 0.4) is 0 Å². The minimum Gasteiger partial charge on any atom is -0.404 e. The number of piperidine rings is 2. The minimum atomic E-state index is -0.727. The van der Waals surface area contributed by atoms with Crippen LogP contribution in [0.5, 0.6) is 0 Å². The molecule has 43 heavy (non-hydrogen) atoms. The van der Waals surface area contributed by atoms with E-state index in [4.69, 9.17) is 22.1 Å². The first-order valence-electron chi connectivity index (χ1n) is 14.8. The third kappa shape index (κ3) is 5.03. The van der Waals surface area contributed by atoms with E-state index < -0.39 is 17.1 Å². The number of nitrogens with two attached hydrogens (primary N) is 1. The van der Waals surface area contributed by atoms with Crippen LogP contribution in [0, 0.1) is 5.82 Å². The van der Waals surface area contributed by atoms with E-state index in [1.54, 1.807) is 24.5 Å². The van der Waals surface area contributed by atoms with E-state index >= 15 is 4.39 Å². The maximum absolute atomic E-state index is 16.2. The van der Waals surface area contributed by atoms with Crippen molar-refractivity contribution in [2.45, 2.75) is 68.7 Å². The molecule has 4 fully saturated rings. The molecule has 0 spiro atoms. The number of benzene rings is 2. The van der Waals surface area contributed by atoms with Gasteiger partial charge in [0.2, 0.25) is 11.8 Å². The van der Waals surface area contributed by atoms with Crippen LogP contribution < -0.4 is 11.1 Å². The van der Waals surface area contributed by atoms with Crippen LogP contribution in [-0.2, 0) is 26.5 Å². The molecule has 1 aromatic heterocycles. The highest BCUT2D eigenvalue weighted by Gasteiger charge is 2.70. The van der Waals surface area contributed by atoms with Crippen molar-refractivity contribution in [3.05, 3.63) is 81.9 Å². The van der Waals surface area contributed by atoms with Crippen LogP contribution in [0.2, 0.25) is 5.02 Å². The number of halogens is 2. The highest BCUT2D eigenvalue weighted by molar-refractivity contribution is 6.34. The number of carbonyl (C=O) groups is 2. The van der Waals surface area contributed by atoms with Gasteiger partial charge in [-0.1, -0.05) is 29.8 Å². The number of nitrogens with one attached hydrogen (secondary N) is 1. The summed E-state index contributed by atoms with van der Waals surface area (Å²) in [5.41, 5.74) is 8.97. The Morgan fingerprint density at radius 2 is 2.09 bits per heavy atom. The molecule has 3 unspecified atom stereocenters. The Morgan fingerprint density at radius 3 is 2.81 bits per heavy atom. The second-order valence-electron chi connectivity index (χ2n) is 12.3. The van der Waals surface area contributed by atoms with Gasteiger partial charge >= 0.3 is 0 Å². The van der Waals surface area contributed by atoms with Gasteiger partial charge in [-0.05, 0) is 61.9 Å². The number of fused-ring (bicyclic) bond motifs is 2. The van der Waals surface area contributed by atoms with Gasteiger partial charge in [-0.2, -0.15) is 0 Å². The number of allylic oxidation sites excluding steroid dienone is 1. The van der Waals surface area contributed by atoms with Gasteiger partial charge in [-0.15, -0.1) is 0 Å². The van der Waals surface area contributed by atoms with E-state index in [1.807, 2.05) is 31.3 Å². The van der Waals surface area contributed by atoms with Gasteiger partial charge in [0, 0.05) is 71.8 Å². The van der Waals surface area contributed by atoms with E-state index in [0.29, 0.717) is 59.0 Å². The summed E-state index contributed by atoms with van der Waals surface area (Å²) in [6, 6.07) is 11.7. The van der Waals surface area contributed by atoms with Crippen LogP contribution in [0.25, 0.3) is 16.5 Å². The zero-order valence-electron chi connectivity index (χ0n) is 23.9. The highest BCUT2D eigenvalue weighted by Crippen LogP contribution is 2.61. The number of epoxide rings is 1. The first-order chi connectivity index (χ1) is 20.7. The molecule has 3 aromatic rings. The van der Waals surface area contributed by atoms with E-state index in [0.717, 1.165) is 36.1 Å². The molecule has 3 aliphatic heterocycles. The molecule has 1 aliphatic carbocycles. The van der Waals surface area contributed by atoms with E-state index in [-0.39, 0.29) is 24.1 Å². The standard InChI is InChI=1S/C33H33ClFN5O3/c1-32-18-40(17-19-2-5-23(27(34)12-19)21(14-36)16-37-22-3-4-22)11-10-33(32,43-32)26-7-8-28-25(30(26)35)13-20(15-38-28)24-6-9-29(41)39-31(24)42/h2,5,7-8,12-16,22,24H,3-4,6,9-11,17-18,36H2,1H3,(H,39,41,42)/b21-14+,37-16?. The van der Waals surface area contributed by atoms with Crippen LogP contribution in [0.15, 0.2) is 53.8 Å². The molecule has 1 saturated carbocycles. The van der Waals surface area contributed by atoms with E-state index in [2.05, 4.69) is 26.3 Å². The van der Waals surface area contributed by atoms with Crippen LogP contribution in [0.1, 0.15) is 67.2 Å². The number of ether oxygens (including phenoxy) is 1. The number of pyridine rings is 1. The van der Waals surface area contributed by atoms with Gasteiger partial charge in [0.15, 0.2) is 0 Å². The fraction of sp³-hybridized carbons (Fsp3) is 0.394. The molecular weight excluding hydrogens is 569 g/mol. The zero-order valence-corrected chi connectivity index (χ0v) is 24.7. The predicted molar refractivity (Wildman–Crippen MR) is 163 cm³/mol. The zero-order chi connectivity index (χ0) is 29.9. The molecule has 3 saturated heterocycles. The normalized spacial score (nSPS) is 27.9. The molecule has 3 atom stereocenters. The van der Waals surface area contributed by atoms with Crippen LogP contribution in [0.4, 0.5) is 4.39 Å². The molecule has 2 amide bonds. The quantitative estimate of drug-likeness (QED) is 0.225. The molecule has 222 valence electrons. The van der Waals surface area contributed by atoms with Crippen LogP contribution >= 0.6 is 11.6 Å². The Labute approximate surface area is 254 Å². The third-order valence-corrected chi connectivity index (χ3v) is 9.63. The van der Waals surface area contributed by atoms with Crippen molar-refractivity contribution in [2.24, 2.45) is 10.7 Å². The molecule has 3 N–H and O–H groups in total. The molecule has 4 aliphatic rings. The lowest BCUT2D eigenvalue weighted by atomic mass is 9.80. The smallest absolute Gasteiger partial charge is 0.234 e. The predicted octanol–water partition coefficient (Wildman–Crippen LogP) is 4.97. The van der Waals surface area contributed by atoms with Crippen molar-refractivity contribution < 1.29 is 18.7 Å². The Hall–Kier alpha value is -3.66. The summed E-state index contributed by atoms with van der Waals surface area (Å²) in [5.74, 6) is -1.55.